The van der Waals surface area contributed by atoms with Crippen molar-refractivity contribution < 1.29 is 14.3 Å². The molecule has 1 aliphatic heterocycles. The summed E-state index contributed by atoms with van der Waals surface area (Å²) in [4.78, 5) is 12.3. The van der Waals surface area contributed by atoms with Crippen LogP contribution < -0.4 is 20.1 Å². The number of benzene rings is 2. The summed E-state index contributed by atoms with van der Waals surface area (Å²) in [5, 5.41) is 6.22. The van der Waals surface area contributed by atoms with Crippen molar-refractivity contribution in [2.24, 2.45) is 0 Å². The minimum atomic E-state index is -0.342. The summed E-state index contributed by atoms with van der Waals surface area (Å²) in [5.41, 5.74) is 1.06. The lowest BCUT2D eigenvalue weighted by Crippen LogP contribution is -2.34. The van der Waals surface area contributed by atoms with Crippen molar-refractivity contribution in [3.05, 3.63) is 50.6 Å². The third-order valence-electron chi connectivity index (χ3n) is 3.21. The van der Waals surface area contributed by atoms with E-state index in [1.165, 1.54) is 0 Å². The molecule has 1 amide bonds. The number of hydrogen-bond acceptors (Lipinski definition) is 4. The van der Waals surface area contributed by atoms with E-state index >= 15 is 0 Å². The average molecular weight is 475 g/mol. The maximum absolute atomic E-state index is 12.3. The molecule has 0 saturated heterocycles. The molecule has 0 aromatic heterocycles. The maximum atomic E-state index is 12.3. The first-order chi connectivity index (χ1) is 11.5. The standard InChI is InChI=1S/C16H12ClIN2O3S/c17-11-8-10(18)2-3-12(11)19-16(24)20-15(21)9-1-4-13-14(7-9)23-6-5-22-13/h1-4,7-8H,5-6H2,(H2,19,20,21,24). The van der Waals surface area contributed by atoms with Crippen molar-refractivity contribution in [2.45, 2.75) is 0 Å². The number of fused-ring (bicyclic) bond motifs is 1. The third-order valence-corrected chi connectivity index (χ3v) is 4.40. The molecule has 0 unspecified atom stereocenters. The van der Waals surface area contributed by atoms with Crippen LogP contribution in [0.1, 0.15) is 10.4 Å². The van der Waals surface area contributed by atoms with Crippen LogP contribution >= 0.6 is 46.4 Å². The van der Waals surface area contributed by atoms with E-state index in [1.54, 1.807) is 30.3 Å². The van der Waals surface area contributed by atoms with E-state index in [0.717, 1.165) is 3.57 Å². The Morgan fingerprint density at radius 2 is 1.88 bits per heavy atom. The molecular weight excluding hydrogens is 463 g/mol. The fourth-order valence-electron chi connectivity index (χ4n) is 2.10. The van der Waals surface area contributed by atoms with Crippen LogP contribution in [-0.2, 0) is 0 Å². The Labute approximate surface area is 162 Å². The van der Waals surface area contributed by atoms with Crippen LogP contribution in [0.2, 0.25) is 5.02 Å². The topological polar surface area (TPSA) is 59.6 Å². The lowest BCUT2D eigenvalue weighted by atomic mass is 10.2. The zero-order valence-corrected chi connectivity index (χ0v) is 16.0. The Bertz CT molecular complexity index is 816. The molecule has 0 fully saturated rings. The summed E-state index contributed by atoms with van der Waals surface area (Å²) in [6.07, 6.45) is 0. The number of halogens is 2. The highest BCUT2D eigenvalue weighted by molar-refractivity contribution is 14.1. The number of nitrogens with one attached hydrogen (secondary N) is 2. The van der Waals surface area contributed by atoms with Crippen LogP contribution in [-0.4, -0.2) is 24.2 Å². The number of amides is 1. The van der Waals surface area contributed by atoms with E-state index in [0.29, 0.717) is 41.0 Å². The molecule has 0 saturated carbocycles. The highest BCUT2D eigenvalue weighted by Crippen LogP contribution is 2.30. The Morgan fingerprint density at radius 1 is 1.12 bits per heavy atom. The van der Waals surface area contributed by atoms with Gasteiger partial charge in [0.1, 0.15) is 13.2 Å². The number of carbonyl (C=O) groups excluding carboxylic acids is 1. The predicted octanol–water partition coefficient (Wildman–Crippen LogP) is 3.84. The molecular formula is C16H12ClIN2O3S. The van der Waals surface area contributed by atoms with Gasteiger partial charge >= 0.3 is 0 Å². The van der Waals surface area contributed by atoms with Gasteiger partial charge in [-0.05, 0) is 71.2 Å². The second kappa shape index (κ2) is 7.54. The quantitative estimate of drug-likeness (QED) is 0.512. The molecule has 2 aromatic carbocycles. The monoisotopic (exact) mass is 474 g/mol. The van der Waals surface area contributed by atoms with Gasteiger partial charge in [-0.15, -0.1) is 0 Å². The molecule has 3 rings (SSSR count). The van der Waals surface area contributed by atoms with E-state index in [-0.39, 0.29) is 11.0 Å². The van der Waals surface area contributed by atoms with Gasteiger partial charge in [0, 0.05) is 9.13 Å². The molecule has 8 heteroatoms. The molecule has 124 valence electrons. The molecule has 5 nitrogen and oxygen atoms in total. The Morgan fingerprint density at radius 3 is 2.62 bits per heavy atom. The first-order valence-electron chi connectivity index (χ1n) is 7.00. The van der Waals surface area contributed by atoms with Gasteiger partial charge in [0.2, 0.25) is 0 Å². The second-order valence-corrected chi connectivity index (χ2v) is 6.95. The molecule has 0 atom stereocenters. The Balaban J connectivity index is 1.67. The summed E-state index contributed by atoms with van der Waals surface area (Å²) >= 11 is 13.5. The number of carbonyl (C=O) groups is 1. The van der Waals surface area contributed by atoms with Crippen molar-refractivity contribution in [1.82, 2.24) is 5.32 Å². The van der Waals surface area contributed by atoms with E-state index in [1.807, 2.05) is 6.07 Å². The molecule has 0 radical (unpaired) electrons. The van der Waals surface area contributed by atoms with E-state index in [4.69, 9.17) is 33.3 Å². The predicted molar refractivity (Wildman–Crippen MR) is 105 cm³/mol. The molecule has 0 spiro atoms. The van der Waals surface area contributed by atoms with Crippen LogP contribution in [0.4, 0.5) is 5.69 Å². The van der Waals surface area contributed by atoms with Crippen LogP contribution in [0.15, 0.2) is 36.4 Å². The van der Waals surface area contributed by atoms with Gasteiger partial charge in [-0.1, -0.05) is 11.6 Å². The van der Waals surface area contributed by atoms with Crippen molar-refractivity contribution in [3.63, 3.8) is 0 Å². The van der Waals surface area contributed by atoms with Gasteiger partial charge in [0.05, 0.1) is 10.7 Å². The molecule has 24 heavy (non-hydrogen) atoms. The SMILES string of the molecule is O=C(NC(=S)Nc1ccc(I)cc1Cl)c1ccc2c(c1)OCCO2. The number of ether oxygens (including phenoxy) is 2. The largest absolute Gasteiger partial charge is 0.486 e. The third kappa shape index (κ3) is 4.08. The van der Waals surface area contributed by atoms with Gasteiger partial charge in [0.25, 0.3) is 5.91 Å². The number of rotatable bonds is 2. The smallest absolute Gasteiger partial charge is 0.257 e. The zero-order chi connectivity index (χ0) is 17.1. The van der Waals surface area contributed by atoms with Gasteiger partial charge in [0.15, 0.2) is 16.6 Å². The first kappa shape index (κ1) is 17.2. The maximum Gasteiger partial charge on any atom is 0.257 e. The first-order valence-corrected chi connectivity index (χ1v) is 8.86. The van der Waals surface area contributed by atoms with E-state index < -0.39 is 0 Å². The van der Waals surface area contributed by atoms with E-state index in [2.05, 4.69) is 33.2 Å². The Kier molecular flexibility index (Phi) is 5.42. The minimum absolute atomic E-state index is 0.165. The van der Waals surface area contributed by atoms with Crippen LogP contribution in [0.25, 0.3) is 0 Å². The Hall–Kier alpha value is -1.58. The molecule has 1 heterocycles. The highest BCUT2D eigenvalue weighted by Gasteiger charge is 2.16. The normalized spacial score (nSPS) is 12.4. The van der Waals surface area contributed by atoms with Crippen molar-refractivity contribution in [2.75, 3.05) is 18.5 Å². The summed E-state index contributed by atoms with van der Waals surface area (Å²) in [6, 6.07) is 10.5. The number of hydrogen-bond donors (Lipinski definition) is 2. The number of thiocarbonyl (C=S) groups is 1. The van der Waals surface area contributed by atoms with Crippen molar-refractivity contribution in [3.8, 4) is 11.5 Å². The fraction of sp³-hybridized carbons (Fsp3) is 0.125. The number of anilines is 1. The zero-order valence-electron chi connectivity index (χ0n) is 12.3. The fourth-order valence-corrected chi connectivity index (χ4v) is 3.21. The van der Waals surface area contributed by atoms with Gasteiger partial charge in [-0.3, -0.25) is 10.1 Å². The molecule has 0 aliphatic carbocycles. The molecule has 2 N–H and O–H groups in total. The van der Waals surface area contributed by atoms with Crippen molar-refractivity contribution in [1.29, 1.82) is 0 Å². The lowest BCUT2D eigenvalue weighted by molar-refractivity contribution is 0.0976. The summed E-state index contributed by atoms with van der Waals surface area (Å²) in [7, 11) is 0. The van der Waals surface area contributed by atoms with Crippen LogP contribution in [0.5, 0.6) is 11.5 Å². The minimum Gasteiger partial charge on any atom is -0.486 e. The van der Waals surface area contributed by atoms with Gasteiger partial charge < -0.3 is 14.8 Å². The summed E-state index contributed by atoms with van der Waals surface area (Å²) in [5.74, 6) is 0.837. The average Bonchev–Trinajstić information content (AvgIpc) is 2.57. The second-order valence-electron chi connectivity index (χ2n) is 4.89. The summed E-state index contributed by atoms with van der Waals surface area (Å²) in [6.45, 7) is 0.965. The highest BCUT2D eigenvalue weighted by atomic mass is 127. The van der Waals surface area contributed by atoms with Crippen LogP contribution in [0, 0.1) is 3.57 Å². The van der Waals surface area contributed by atoms with Crippen molar-refractivity contribution >= 4 is 63.1 Å². The molecule has 1 aliphatic rings. The van der Waals surface area contributed by atoms with Gasteiger partial charge in [-0.25, -0.2) is 0 Å². The molecule has 0 bridgehead atoms. The van der Waals surface area contributed by atoms with Gasteiger partial charge in [-0.2, -0.15) is 0 Å². The van der Waals surface area contributed by atoms with Crippen LogP contribution in [0.3, 0.4) is 0 Å². The van der Waals surface area contributed by atoms with E-state index in [9.17, 15) is 4.79 Å². The summed E-state index contributed by atoms with van der Waals surface area (Å²) < 4.78 is 11.9. The molecule has 2 aromatic rings. The lowest BCUT2D eigenvalue weighted by Gasteiger charge is -2.18.